The minimum Gasteiger partial charge on any atom is -0.351 e. The zero-order chi connectivity index (χ0) is 20.2. The SMILES string of the molecule is Cc1ccc(C23C[C@H]4C[C@@H](CC(CNC(=O)c5cc(Cl)cc(Cl)c5)(C4)C2)C3)cc1. The summed E-state index contributed by atoms with van der Waals surface area (Å²) in [5, 5.41) is 4.22. The molecule has 2 aromatic carbocycles. The van der Waals surface area contributed by atoms with E-state index in [0.29, 0.717) is 21.0 Å². The molecule has 2 atom stereocenters. The van der Waals surface area contributed by atoms with E-state index in [1.807, 2.05) is 0 Å². The maximum atomic E-state index is 12.8. The lowest BCUT2D eigenvalue weighted by Gasteiger charge is -2.62. The van der Waals surface area contributed by atoms with Gasteiger partial charge in [-0.3, -0.25) is 4.79 Å². The third-order valence-electron chi connectivity index (χ3n) is 7.59. The Balaban J connectivity index is 1.37. The number of hydrogen-bond acceptors (Lipinski definition) is 1. The third-order valence-corrected chi connectivity index (χ3v) is 8.03. The van der Waals surface area contributed by atoms with Gasteiger partial charge in [-0.05, 0) is 91.9 Å². The zero-order valence-corrected chi connectivity index (χ0v) is 18.3. The summed E-state index contributed by atoms with van der Waals surface area (Å²) in [7, 11) is 0. The van der Waals surface area contributed by atoms with Gasteiger partial charge in [0.05, 0.1) is 0 Å². The van der Waals surface area contributed by atoms with Gasteiger partial charge in [0, 0.05) is 22.2 Å². The highest BCUT2D eigenvalue weighted by Gasteiger charge is 2.58. The lowest BCUT2D eigenvalue weighted by molar-refractivity contribution is -0.0697. The van der Waals surface area contributed by atoms with E-state index in [1.54, 1.807) is 18.2 Å². The predicted molar refractivity (Wildman–Crippen MR) is 119 cm³/mol. The van der Waals surface area contributed by atoms with Gasteiger partial charge in [-0.25, -0.2) is 0 Å². The lowest BCUT2D eigenvalue weighted by atomic mass is 9.43. The van der Waals surface area contributed by atoms with E-state index in [0.717, 1.165) is 18.4 Å². The molecule has 4 fully saturated rings. The molecule has 0 aromatic heterocycles. The third kappa shape index (κ3) is 3.59. The summed E-state index contributed by atoms with van der Waals surface area (Å²) in [6.07, 6.45) is 7.67. The smallest absolute Gasteiger partial charge is 0.251 e. The van der Waals surface area contributed by atoms with Gasteiger partial charge >= 0.3 is 0 Å². The van der Waals surface area contributed by atoms with E-state index in [4.69, 9.17) is 23.2 Å². The minimum atomic E-state index is -0.0745. The number of carbonyl (C=O) groups excluding carboxylic acids is 1. The molecular weight excluding hydrogens is 401 g/mol. The van der Waals surface area contributed by atoms with Crippen molar-refractivity contribution < 1.29 is 4.79 Å². The van der Waals surface area contributed by atoms with Crippen LogP contribution in [0.25, 0.3) is 0 Å². The van der Waals surface area contributed by atoms with Crippen LogP contribution in [0.2, 0.25) is 10.0 Å². The summed E-state index contributed by atoms with van der Waals surface area (Å²) in [6, 6.07) is 14.2. The molecule has 152 valence electrons. The van der Waals surface area contributed by atoms with Crippen LogP contribution in [0.5, 0.6) is 0 Å². The first kappa shape index (κ1) is 19.5. The second-order valence-electron chi connectivity index (χ2n) is 9.95. The highest BCUT2D eigenvalue weighted by molar-refractivity contribution is 6.35. The Morgan fingerprint density at radius 3 is 2.24 bits per heavy atom. The van der Waals surface area contributed by atoms with Crippen molar-refractivity contribution in [3.05, 3.63) is 69.2 Å². The Morgan fingerprint density at radius 2 is 1.62 bits per heavy atom. The molecule has 0 aliphatic heterocycles. The van der Waals surface area contributed by atoms with Crippen LogP contribution in [-0.2, 0) is 5.41 Å². The van der Waals surface area contributed by atoms with Crippen LogP contribution in [0.1, 0.15) is 60.0 Å². The summed E-state index contributed by atoms with van der Waals surface area (Å²) in [5.74, 6) is 1.50. The number of amides is 1. The molecule has 0 heterocycles. The van der Waals surface area contributed by atoms with Gasteiger partial charge in [0.15, 0.2) is 0 Å². The van der Waals surface area contributed by atoms with Gasteiger partial charge in [0.25, 0.3) is 5.91 Å². The zero-order valence-electron chi connectivity index (χ0n) is 16.8. The van der Waals surface area contributed by atoms with Crippen molar-refractivity contribution in [2.24, 2.45) is 17.3 Å². The normalized spacial score (nSPS) is 32.4. The molecule has 2 aromatic rings. The van der Waals surface area contributed by atoms with E-state index in [9.17, 15) is 4.79 Å². The summed E-state index contributed by atoms with van der Waals surface area (Å²) < 4.78 is 0. The number of aryl methyl sites for hydroxylation is 1. The fourth-order valence-electron chi connectivity index (χ4n) is 6.96. The number of hydrogen-bond donors (Lipinski definition) is 1. The van der Waals surface area contributed by atoms with Crippen LogP contribution in [-0.4, -0.2) is 12.5 Å². The summed E-state index contributed by atoms with van der Waals surface area (Å²) >= 11 is 12.2. The standard InChI is InChI=1S/C25H27Cl2NO/c1-16-2-4-20(5-3-16)25-12-17-6-18(13-25)11-24(10-17,14-25)15-28-23(29)19-7-21(26)9-22(27)8-19/h2-5,7-9,17-18H,6,10-15H2,1H3,(H,28,29)/t17-,18-,24?,25?/m0/s1. The van der Waals surface area contributed by atoms with Crippen LogP contribution in [0, 0.1) is 24.2 Å². The van der Waals surface area contributed by atoms with Gasteiger partial charge in [0.1, 0.15) is 0 Å². The molecule has 0 unspecified atom stereocenters. The monoisotopic (exact) mass is 427 g/mol. The van der Waals surface area contributed by atoms with E-state index < -0.39 is 0 Å². The van der Waals surface area contributed by atoms with Gasteiger partial charge in [-0.2, -0.15) is 0 Å². The second kappa shape index (κ2) is 7.03. The molecule has 0 radical (unpaired) electrons. The van der Waals surface area contributed by atoms with Crippen molar-refractivity contribution in [1.82, 2.24) is 5.32 Å². The molecule has 4 bridgehead atoms. The van der Waals surface area contributed by atoms with Crippen molar-refractivity contribution in [2.45, 2.75) is 50.9 Å². The average molecular weight is 428 g/mol. The number of halogens is 2. The molecule has 4 heteroatoms. The topological polar surface area (TPSA) is 29.1 Å². The van der Waals surface area contributed by atoms with Crippen molar-refractivity contribution in [1.29, 1.82) is 0 Å². The summed E-state index contributed by atoms with van der Waals surface area (Å²) in [6.45, 7) is 2.90. The van der Waals surface area contributed by atoms with E-state index in [-0.39, 0.29) is 11.3 Å². The Morgan fingerprint density at radius 1 is 1.00 bits per heavy atom. The molecular formula is C25H27Cl2NO. The Kier molecular flexibility index (Phi) is 4.71. The number of carbonyl (C=O) groups is 1. The molecule has 4 saturated carbocycles. The molecule has 6 rings (SSSR count). The largest absolute Gasteiger partial charge is 0.351 e. The number of rotatable bonds is 4. The van der Waals surface area contributed by atoms with Crippen molar-refractivity contribution in [3.8, 4) is 0 Å². The van der Waals surface area contributed by atoms with Gasteiger partial charge in [-0.1, -0.05) is 53.0 Å². The Labute approximate surface area is 183 Å². The first-order valence-electron chi connectivity index (χ1n) is 10.7. The lowest BCUT2D eigenvalue weighted by Crippen LogP contribution is -2.57. The second-order valence-corrected chi connectivity index (χ2v) is 10.8. The predicted octanol–water partition coefficient (Wildman–Crippen LogP) is 6.57. The van der Waals surface area contributed by atoms with Crippen LogP contribution in [0.3, 0.4) is 0 Å². The molecule has 4 aliphatic carbocycles. The van der Waals surface area contributed by atoms with Gasteiger partial charge < -0.3 is 5.32 Å². The van der Waals surface area contributed by atoms with E-state index in [1.165, 1.54) is 49.7 Å². The molecule has 1 N–H and O–H groups in total. The molecule has 2 nitrogen and oxygen atoms in total. The van der Waals surface area contributed by atoms with Gasteiger partial charge in [0.2, 0.25) is 0 Å². The molecule has 0 saturated heterocycles. The maximum absolute atomic E-state index is 12.8. The van der Waals surface area contributed by atoms with Crippen molar-refractivity contribution >= 4 is 29.1 Å². The van der Waals surface area contributed by atoms with Crippen LogP contribution < -0.4 is 5.32 Å². The quantitative estimate of drug-likeness (QED) is 0.586. The molecule has 1 amide bonds. The number of nitrogens with one attached hydrogen (secondary N) is 1. The summed E-state index contributed by atoms with van der Waals surface area (Å²) in [4.78, 5) is 12.8. The van der Waals surface area contributed by atoms with Crippen LogP contribution in [0.4, 0.5) is 0 Å². The van der Waals surface area contributed by atoms with E-state index in [2.05, 4.69) is 36.5 Å². The van der Waals surface area contributed by atoms with Crippen molar-refractivity contribution in [2.75, 3.05) is 6.54 Å². The Hall–Kier alpha value is -1.51. The van der Waals surface area contributed by atoms with E-state index >= 15 is 0 Å². The van der Waals surface area contributed by atoms with Crippen LogP contribution in [0.15, 0.2) is 42.5 Å². The molecule has 4 aliphatic rings. The first-order valence-corrected chi connectivity index (χ1v) is 11.4. The van der Waals surface area contributed by atoms with Crippen LogP contribution >= 0.6 is 23.2 Å². The number of benzene rings is 2. The highest BCUT2D eigenvalue weighted by Crippen LogP contribution is 2.65. The fourth-order valence-corrected chi connectivity index (χ4v) is 7.48. The molecule has 29 heavy (non-hydrogen) atoms. The van der Waals surface area contributed by atoms with Crippen molar-refractivity contribution in [3.63, 3.8) is 0 Å². The fraction of sp³-hybridized carbons (Fsp3) is 0.480. The Bertz CT molecular complexity index is 918. The highest BCUT2D eigenvalue weighted by atomic mass is 35.5. The molecule has 0 spiro atoms. The van der Waals surface area contributed by atoms with Gasteiger partial charge in [-0.15, -0.1) is 0 Å². The first-order chi connectivity index (χ1) is 13.8. The average Bonchev–Trinajstić information content (AvgIpc) is 2.65. The summed E-state index contributed by atoms with van der Waals surface area (Å²) in [5.41, 5.74) is 3.88. The minimum absolute atomic E-state index is 0.0745. The maximum Gasteiger partial charge on any atom is 0.251 e.